The molecular formula is C27H40N2O. The van der Waals surface area contributed by atoms with Gasteiger partial charge in [0.15, 0.2) is 0 Å². The van der Waals surface area contributed by atoms with E-state index in [1.54, 1.807) is 0 Å². The zero-order valence-corrected chi connectivity index (χ0v) is 19.3. The third-order valence-corrected chi connectivity index (χ3v) is 5.64. The van der Waals surface area contributed by atoms with Gasteiger partial charge in [0.2, 0.25) is 0 Å². The number of ether oxygens (including phenoxy) is 1. The van der Waals surface area contributed by atoms with Crippen LogP contribution in [0.15, 0.2) is 42.0 Å². The second-order valence-electron chi connectivity index (χ2n) is 8.15. The van der Waals surface area contributed by atoms with E-state index >= 15 is 0 Å². The number of anilines is 1. The number of piperidine rings is 1. The Hall–Kier alpha value is -2.18. The van der Waals surface area contributed by atoms with Crippen LogP contribution in [-0.4, -0.2) is 44.2 Å². The Morgan fingerprint density at radius 1 is 1.17 bits per heavy atom. The van der Waals surface area contributed by atoms with Crippen LogP contribution in [0.2, 0.25) is 0 Å². The van der Waals surface area contributed by atoms with Crippen molar-refractivity contribution in [3.05, 3.63) is 47.6 Å². The van der Waals surface area contributed by atoms with Gasteiger partial charge < -0.3 is 14.5 Å². The number of nitrogens with zero attached hydrogens (tertiary/aromatic N) is 2. The van der Waals surface area contributed by atoms with Crippen molar-refractivity contribution in [2.45, 2.75) is 59.3 Å². The largest absolute Gasteiger partial charge is 0.494 e. The minimum Gasteiger partial charge on any atom is -0.494 e. The van der Waals surface area contributed by atoms with Crippen molar-refractivity contribution < 1.29 is 4.74 Å². The zero-order chi connectivity index (χ0) is 21.6. The lowest BCUT2D eigenvalue weighted by Crippen LogP contribution is -2.31. The van der Waals surface area contributed by atoms with Crippen molar-refractivity contribution in [2.75, 3.05) is 44.2 Å². The van der Waals surface area contributed by atoms with E-state index in [-0.39, 0.29) is 0 Å². The van der Waals surface area contributed by atoms with Crippen LogP contribution in [0.25, 0.3) is 0 Å². The summed E-state index contributed by atoms with van der Waals surface area (Å²) in [6.07, 6.45) is 18.5. The van der Waals surface area contributed by atoms with E-state index in [1.807, 2.05) is 32.1 Å². The number of benzene rings is 1. The molecule has 0 amide bonds. The Kier molecular flexibility index (Phi) is 11.2. The molecule has 2 aliphatic heterocycles. The number of likely N-dealkylation sites (tertiary alicyclic amines) is 1. The van der Waals surface area contributed by atoms with Gasteiger partial charge in [0.25, 0.3) is 0 Å². The number of hydrogen-bond acceptors (Lipinski definition) is 3. The quantitative estimate of drug-likeness (QED) is 0.305. The highest BCUT2D eigenvalue weighted by Crippen LogP contribution is 2.31. The fourth-order valence-corrected chi connectivity index (χ4v) is 3.99. The van der Waals surface area contributed by atoms with Gasteiger partial charge in [-0.25, -0.2) is 0 Å². The van der Waals surface area contributed by atoms with Crippen molar-refractivity contribution in [3.63, 3.8) is 0 Å². The van der Waals surface area contributed by atoms with Gasteiger partial charge in [0.1, 0.15) is 5.75 Å². The number of rotatable bonds is 8. The van der Waals surface area contributed by atoms with Crippen molar-refractivity contribution in [1.29, 1.82) is 0 Å². The average Bonchev–Trinajstić information content (AvgIpc) is 3.18. The van der Waals surface area contributed by atoms with Crippen molar-refractivity contribution in [3.8, 4) is 18.1 Å². The lowest BCUT2D eigenvalue weighted by Gasteiger charge is -2.26. The van der Waals surface area contributed by atoms with Gasteiger partial charge in [-0.15, -0.1) is 6.42 Å². The highest BCUT2D eigenvalue weighted by Gasteiger charge is 2.18. The smallest absolute Gasteiger partial charge is 0.119 e. The molecule has 2 aliphatic rings. The maximum Gasteiger partial charge on any atom is 0.119 e. The Labute approximate surface area is 184 Å². The van der Waals surface area contributed by atoms with E-state index in [0.717, 1.165) is 24.4 Å². The SMILES string of the molecule is C#C/C(C)=C\C=C/C.CCCN1CCc2cc(OCCCN3CCCCC3)ccc21. The Morgan fingerprint density at radius 2 is 1.97 bits per heavy atom. The van der Waals surface area contributed by atoms with E-state index in [4.69, 9.17) is 11.2 Å². The predicted molar refractivity (Wildman–Crippen MR) is 130 cm³/mol. The maximum atomic E-state index is 5.97. The van der Waals surface area contributed by atoms with Crippen LogP contribution < -0.4 is 9.64 Å². The van der Waals surface area contributed by atoms with Crippen LogP contribution in [0.4, 0.5) is 5.69 Å². The minimum absolute atomic E-state index is 0.841. The monoisotopic (exact) mass is 408 g/mol. The molecule has 1 aromatic rings. The van der Waals surface area contributed by atoms with Crippen molar-refractivity contribution in [1.82, 2.24) is 4.90 Å². The molecule has 3 rings (SSSR count). The molecule has 2 heterocycles. The van der Waals surface area contributed by atoms with Gasteiger partial charge >= 0.3 is 0 Å². The van der Waals surface area contributed by atoms with Gasteiger partial charge in [-0.1, -0.05) is 37.5 Å². The van der Waals surface area contributed by atoms with Crippen LogP contribution in [0.3, 0.4) is 0 Å². The van der Waals surface area contributed by atoms with Crippen molar-refractivity contribution in [2.24, 2.45) is 0 Å². The summed E-state index contributed by atoms with van der Waals surface area (Å²) < 4.78 is 5.97. The molecule has 164 valence electrons. The molecule has 0 unspecified atom stereocenters. The van der Waals surface area contributed by atoms with E-state index in [1.165, 1.54) is 76.1 Å². The van der Waals surface area contributed by atoms with Gasteiger partial charge in [0, 0.05) is 25.3 Å². The molecule has 0 atom stereocenters. The summed E-state index contributed by atoms with van der Waals surface area (Å²) in [5.41, 5.74) is 3.84. The third-order valence-electron chi connectivity index (χ3n) is 5.64. The first kappa shape index (κ1) is 24.1. The van der Waals surface area contributed by atoms with Gasteiger partial charge in [-0.2, -0.15) is 0 Å². The summed E-state index contributed by atoms with van der Waals surface area (Å²) in [4.78, 5) is 5.08. The van der Waals surface area contributed by atoms with Crippen molar-refractivity contribution >= 4 is 5.69 Å². The summed E-state index contributed by atoms with van der Waals surface area (Å²) in [6, 6.07) is 6.65. The highest BCUT2D eigenvalue weighted by molar-refractivity contribution is 5.60. The Bertz CT molecular complexity index is 723. The number of hydrogen-bond donors (Lipinski definition) is 0. The maximum absolute atomic E-state index is 5.97. The number of fused-ring (bicyclic) bond motifs is 1. The van der Waals surface area contributed by atoms with Gasteiger partial charge in [-0.3, -0.25) is 0 Å². The molecule has 0 bridgehead atoms. The summed E-state index contributed by atoms with van der Waals surface area (Å²) in [6.45, 7) is 13.0. The second-order valence-corrected chi connectivity index (χ2v) is 8.15. The molecule has 30 heavy (non-hydrogen) atoms. The van der Waals surface area contributed by atoms with Crippen LogP contribution in [0.5, 0.6) is 5.75 Å². The molecule has 1 fully saturated rings. The lowest BCUT2D eigenvalue weighted by atomic mass is 10.1. The summed E-state index contributed by atoms with van der Waals surface area (Å²) >= 11 is 0. The topological polar surface area (TPSA) is 15.7 Å². The molecule has 0 aliphatic carbocycles. The number of allylic oxidation sites excluding steroid dienone is 4. The summed E-state index contributed by atoms with van der Waals surface area (Å²) in [5.74, 6) is 3.56. The first-order chi connectivity index (χ1) is 14.7. The second kappa shape index (κ2) is 13.9. The van der Waals surface area contributed by atoms with Gasteiger partial charge in [0.05, 0.1) is 6.61 Å². The fourth-order valence-electron chi connectivity index (χ4n) is 3.99. The Morgan fingerprint density at radius 3 is 2.67 bits per heavy atom. The molecule has 0 radical (unpaired) electrons. The predicted octanol–water partition coefficient (Wildman–Crippen LogP) is 5.86. The number of terminal acetylenes is 1. The lowest BCUT2D eigenvalue weighted by molar-refractivity contribution is 0.205. The first-order valence-corrected chi connectivity index (χ1v) is 11.7. The fraction of sp³-hybridized carbons (Fsp3) is 0.556. The van der Waals surface area contributed by atoms with E-state index in [9.17, 15) is 0 Å². The molecule has 1 saturated heterocycles. The molecule has 0 aromatic heterocycles. The molecule has 0 N–H and O–H groups in total. The molecule has 0 saturated carbocycles. The third kappa shape index (κ3) is 8.28. The molecular weight excluding hydrogens is 368 g/mol. The van der Waals surface area contributed by atoms with Crippen LogP contribution in [-0.2, 0) is 6.42 Å². The Balaban J connectivity index is 0.000000343. The van der Waals surface area contributed by atoms with E-state index < -0.39 is 0 Å². The van der Waals surface area contributed by atoms with E-state index in [0.29, 0.717) is 0 Å². The minimum atomic E-state index is 0.841. The first-order valence-electron chi connectivity index (χ1n) is 11.7. The molecule has 3 nitrogen and oxygen atoms in total. The summed E-state index contributed by atoms with van der Waals surface area (Å²) in [5, 5.41) is 0. The zero-order valence-electron chi connectivity index (χ0n) is 19.3. The van der Waals surface area contributed by atoms with Crippen LogP contribution >= 0.6 is 0 Å². The highest BCUT2D eigenvalue weighted by atomic mass is 16.5. The molecule has 0 spiro atoms. The summed E-state index contributed by atoms with van der Waals surface area (Å²) in [7, 11) is 0. The van der Waals surface area contributed by atoms with Gasteiger partial charge in [-0.05, 0) is 88.4 Å². The van der Waals surface area contributed by atoms with Crippen LogP contribution in [0.1, 0.15) is 58.4 Å². The normalized spacial score (nSPS) is 16.7. The molecule has 3 heteroatoms. The molecule has 1 aromatic carbocycles. The standard InChI is InChI=1S/C19H30N2O.C8H10/c1-2-10-21-14-9-17-16-18(7-8-19(17)21)22-15-6-13-20-11-4-3-5-12-20;1-4-6-7-8(3)5-2/h7-8,16H,2-6,9-15H2,1H3;2,4,6-7H,1,3H3/b;6-4-,8-7-. The average molecular weight is 409 g/mol. The van der Waals surface area contributed by atoms with Crippen LogP contribution in [0, 0.1) is 12.3 Å². The van der Waals surface area contributed by atoms with E-state index in [2.05, 4.69) is 40.8 Å².